The van der Waals surface area contributed by atoms with Crippen LogP contribution in [0.1, 0.15) is 6.42 Å². The molecule has 0 aromatic heterocycles. The van der Waals surface area contributed by atoms with Crippen LogP contribution in [0.4, 0.5) is 0 Å². The third-order valence-electron chi connectivity index (χ3n) is 1.73. The maximum Gasteiger partial charge on any atom is 0.157 e. The van der Waals surface area contributed by atoms with Gasteiger partial charge in [0.1, 0.15) is 12.2 Å². The van der Waals surface area contributed by atoms with E-state index in [4.69, 9.17) is 25.2 Å². The average Bonchev–Trinajstić information content (AvgIpc) is 1.96. The van der Waals surface area contributed by atoms with Gasteiger partial charge in [-0.15, -0.1) is 0 Å². The molecule has 0 radical (unpaired) electrons. The SMILES string of the molecule is O[13CH2][13C@H]1O[13CH](O)[13CH2][13C@@H](O)[13C@@H]1O. The lowest BCUT2D eigenvalue weighted by Crippen LogP contribution is -2.49. The highest BCUT2D eigenvalue weighted by Gasteiger charge is 2.35. The van der Waals surface area contributed by atoms with E-state index in [1.165, 1.54) is 0 Å². The quantitative estimate of drug-likeness (QED) is 0.335. The monoisotopic (exact) mass is 170 g/mol. The Morgan fingerprint density at radius 3 is 2.45 bits per heavy atom. The van der Waals surface area contributed by atoms with E-state index in [-0.39, 0.29) is 6.42 Å². The Labute approximate surface area is 63.8 Å². The highest BCUT2D eigenvalue weighted by molar-refractivity contribution is 4.81. The summed E-state index contributed by atoms with van der Waals surface area (Å²) in [5, 5.41) is 35.6. The summed E-state index contributed by atoms with van der Waals surface area (Å²) in [4.78, 5) is 0. The molecule has 0 aliphatic carbocycles. The van der Waals surface area contributed by atoms with Gasteiger partial charge in [0.05, 0.1) is 12.7 Å². The largest absolute Gasteiger partial charge is 0.394 e. The molecule has 0 saturated carbocycles. The molecule has 4 atom stereocenters. The molecule has 1 saturated heterocycles. The van der Waals surface area contributed by atoms with Crippen molar-refractivity contribution in [2.45, 2.75) is 31.0 Å². The fraction of sp³-hybridized carbons (Fsp3) is 1.00. The lowest BCUT2D eigenvalue weighted by molar-refractivity contribution is -0.239. The summed E-state index contributed by atoms with van der Waals surface area (Å²) in [6.07, 6.45) is -4.11. The third kappa shape index (κ3) is 1.88. The first-order valence-corrected chi connectivity index (χ1v) is 3.45. The zero-order valence-electron chi connectivity index (χ0n) is 5.92. The maximum absolute atomic E-state index is 9.11. The normalized spacial score (nSPS) is 45.8. The number of aliphatic hydroxyl groups is 4. The van der Waals surface area contributed by atoms with Crippen LogP contribution in [0.3, 0.4) is 0 Å². The Kier molecular flexibility index (Phi) is 2.80. The Bertz CT molecular complexity index is 128. The summed E-state index contributed by atoms with van der Waals surface area (Å²) in [6.45, 7) is -0.407. The van der Waals surface area contributed by atoms with Gasteiger partial charge in [-0.25, -0.2) is 0 Å². The van der Waals surface area contributed by atoms with Crippen LogP contribution in [0.5, 0.6) is 0 Å². The van der Waals surface area contributed by atoms with Gasteiger partial charge in [0.2, 0.25) is 0 Å². The minimum absolute atomic E-state index is 0.0162. The first-order chi connectivity index (χ1) is 5.15. The number of aliphatic hydroxyl groups excluding tert-OH is 4. The van der Waals surface area contributed by atoms with Crippen molar-refractivity contribution in [3.63, 3.8) is 0 Å². The van der Waals surface area contributed by atoms with Crippen LogP contribution in [-0.2, 0) is 4.74 Å². The van der Waals surface area contributed by atoms with E-state index in [1.54, 1.807) is 0 Å². The van der Waals surface area contributed by atoms with Crippen molar-refractivity contribution >= 4 is 0 Å². The van der Waals surface area contributed by atoms with E-state index in [0.29, 0.717) is 0 Å². The molecular formula is C6H12O5. The predicted molar refractivity (Wildman–Crippen MR) is 34.6 cm³/mol. The highest BCUT2D eigenvalue weighted by atomic mass is 16.8. The molecule has 1 rings (SSSR count). The van der Waals surface area contributed by atoms with Gasteiger partial charge in [0.25, 0.3) is 0 Å². The molecule has 11 heavy (non-hydrogen) atoms. The van der Waals surface area contributed by atoms with Crippen molar-refractivity contribution < 1.29 is 25.2 Å². The van der Waals surface area contributed by atoms with Crippen LogP contribution >= 0.6 is 0 Å². The number of ether oxygens (including phenoxy) is 1. The van der Waals surface area contributed by atoms with Gasteiger partial charge in [0, 0.05) is 6.42 Å². The van der Waals surface area contributed by atoms with E-state index >= 15 is 0 Å². The predicted octanol–water partition coefficient (Wildman–Crippen LogP) is -2.19. The van der Waals surface area contributed by atoms with E-state index in [9.17, 15) is 0 Å². The molecule has 4 N–H and O–H groups in total. The maximum atomic E-state index is 9.11. The van der Waals surface area contributed by atoms with Crippen LogP contribution < -0.4 is 0 Å². The van der Waals surface area contributed by atoms with E-state index in [2.05, 4.69) is 0 Å². The van der Waals surface area contributed by atoms with Gasteiger partial charge in [-0.3, -0.25) is 0 Å². The second kappa shape index (κ2) is 3.46. The van der Waals surface area contributed by atoms with Gasteiger partial charge in [-0.1, -0.05) is 0 Å². The topological polar surface area (TPSA) is 90.2 Å². The molecule has 0 aromatic carbocycles. The van der Waals surface area contributed by atoms with Crippen molar-refractivity contribution in [1.29, 1.82) is 0 Å². The van der Waals surface area contributed by atoms with Crippen LogP contribution in [0.25, 0.3) is 0 Å². The van der Waals surface area contributed by atoms with Crippen LogP contribution in [0.15, 0.2) is 0 Å². The van der Waals surface area contributed by atoms with Gasteiger partial charge in [-0.05, 0) is 0 Å². The first kappa shape index (κ1) is 8.89. The van der Waals surface area contributed by atoms with E-state index < -0.39 is 31.2 Å². The fourth-order valence-corrected chi connectivity index (χ4v) is 1.08. The Balaban J connectivity index is 2.51. The second-order valence-electron chi connectivity index (χ2n) is 2.61. The molecule has 1 aliphatic rings. The van der Waals surface area contributed by atoms with Crippen molar-refractivity contribution in [2.75, 3.05) is 6.61 Å². The molecule has 0 bridgehead atoms. The molecule has 0 aromatic rings. The van der Waals surface area contributed by atoms with E-state index in [0.717, 1.165) is 0 Å². The Hall–Kier alpha value is -0.200. The lowest BCUT2D eigenvalue weighted by atomic mass is 11.0. The molecule has 0 spiro atoms. The minimum Gasteiger partial charge on any atom is -0.394 e. The van der Waals surface area contributed by atoms with Crippen LogP contribution in [-0.4, -0.2) is 51.6 Å². The summed E-state index contributed by atoms with van der Waals surface area (Å²) < 4.78 is 4.71. The van der Waals surface area contributed by atoms with Gasteiger partial charge < -0.3 is 25.2 Å². The summed E-state index contributed by atoms with van der Waals surface area (Å²) in [5.41, 5.74) is 0. The minimum atomic E-state index is -1.11. The molecule has 5 heteroatoms. The number of rotatable bonds is 1. The number of hydrogen-bond acceptors (Lipinski definition) is 5. The smallest absolute Gasteiger partial charge is 0.157 e. The molecule has 1 heterocycles. The average molecular weight is 170 g/mol. The standard InChI is InChI=1S/C6H12O5/c7-2-4-6(10)3(8)1-5(9)11-4/h3-10H,1-2H2/t3-,4-,5?,6+/m1/s1/i1+1,2+1,3+1,4+1,5+1,6+1. The van der Waals surface area contributed by atoms with Crippen molar-refractivity contribution in [3.05, 3.63) is 0 Å². The highest BCUT2D eigenvalue weighted by Crippen LogP contribution is 2.18. The van der Waals surface area contributed by atoms with Gasteiger partial charge >= 0.3 is 0 Å². The lowest BCUT2D eigenvalue weighted by Gasteiger charge is -2.33. The summed E-state index contributed by atoms with van der Waals surface area (Å²) in [5.74, 6) is 0. The zero-order valence-corrected chi connectivity index (χ0v) is 5.92. The molecule has 1 unspecified atom stereocenters. The van der Waals surface area contributed by atoms with E-state index in [1.807, 2.05) is 0 Å². The molecule has 66 valence electrons. The van der Waals surface area contributed by atoms with Crippen molar-refractivity contribution in [3.8, 4) is 0 Å². The molecular weight excluding hydrogens is 158 g/mol. The molecule has 0 amide bonds. The Morgan fingerprint density at radius 2 is 1.91 bits per heavy atom. The van der Waals surface area contributed by atoms with Gasteiger partial charge in [-0.2, -0.15) is 0 Å². The van der Waals surface area contributed by atoms with Gasteiger partial charge in [0.15, 0.2) is 6.29 Å². The summed E-state index contributed by atoms with van der Waals surface area (Å²) in [6, 6.07) is 0. The van der Waals surface area contributed by atoms with Crippen molar-refractivity contribution in [2.24, 2.45) is 0 Å². The summed E-state index contributed by atoms with van der Waals surface area (Å²) >= 11 is 0. The molecule has 1 fully saturated rings. The van der Waals surface area contributed by atoms with Crippen molar-refractivity contribution in [1.82, 2.24) is 0 Å². The second-order valence-corrected chi connectivity index (χ2v) is 2.61. The fourth-order valence-electron chi connectivity index (χ4n) is 1.08. The Morgan fingerprint density at radius 1 is 1.27 bits per heavy atom. The van der Waals surface area contributed by atoms with Crippen LogP contribution in [0, 0.1) is 0 Å². The third-order valence-corrected chi connectivity index (χ3v) is 1.73. The van der Waals surface area contributed by atoms with Crippen LogP contribution in [0.2, 0.25) is 0 Å². The summed E-state index contributed by atoms with van der Waals surface area (Å²) in [7, 11) is 0. The zero-order chi connectivity index (χ0) is 8.43. The molecule has 1 aliphatic heterocycles. The first-order valence-electron chi connectivity index (χ1n) is 3.45. The number of hydrogen-bond donors (Lipinski definition) is 4. The molecule has 5 nitrogen and oxygen atoms in total.